The molecule has 0 spiro atoms. The fourth-order valence-electron chi connectivity index (χ4n) is 1.91. The molecule has 0 bridgehead atoms. The Hall–Kier alpha value is -2.11. The lowest BCUT2D eigenvalue weighted by atomic mass is 9.95. The second-order valence-electron chi connectivity index (χ2n) is 6.09. The van der Waals surface area contributed by atoms with Gasteiger partial charge < -0.3 is 15.1 Å². The van der Waals surface area contributed by atoms with Gasteiger partial charge in [0.2, 0.25) is 5.89 Å². The molecule has 0 fully saturated rings. The molecule has 6 heteroatoms. The topological polar surface area (TPSA) is 75.9 Å². The molecule has 0 atom stereocenters. The number of nitrogens with zero attached hydrogens (tertiary/aromatic N) is 3. The standard InChI is InChI=1S/C15H23N5O/c1-9-7-17-11(21-9)8-18-13-10(2)12(16-6)19-14(20-13)15(3,4)5/h7H,8H2,1-6H3,(H2,16,18,19,20). The Morgan fingerprint density at radius 2 is 1.81 bits per heavy atom. The highest BCUT2D eigenvalue weighted by molar-refractivity contribution is 5.57. The number of aromatic nitrogens is 3. The predicted octanol–water partition coefficient (Wildman–Crippen LogP) is 3.03. The van der Waals surface area contributed by atoms with Crippen LogP contribution >= 0.6 is 0 Å². The highest BCUT2D eigenvalue weighted by Crippen LogP contribution is 2.26. The van der Waals surface area contributed by atoms with Gasteiger partial charge in [-0.05, 0) is 13.8 Å². The summed E-state index contributed by atoms with van der Waals surface area (Å²) >= 11 is 0. The number of hydrogen-bond acceptors (Lipinski definition) is 6. The molecule has 2 N–H and O–H groups in total. The van der Waals surface area contributed by atoms with Gasteiger partial charge in [0.1, 0.15) is 23.2 Å². The van der Waals surface area contributed by atoms with Gasteiger partial charge in [-0.1, -0.05) is 20.8 Å². The lowest BCUT2D eigenvalue weighted by molar-refractivity contribution is 0.478. The van der Waals surface area contributed by atoms with Crippen molar-refractivity contribution in [3.63, 3.8) is 0 Å². The lowest BCUT2D eigenvalue weighted by Crippen LogP contribution is -2.19. The maximum Gasteiger partial charge on any atom is 0.213 e. The van der Waals surface area contributed by atoms with E-state index in [2.05, 4.69) is 46.4 Å². The Balaban J connectivity index is 2.28. The Kier molecular flexibility index (Phi) is 4.16. The predicted molar refractivity (Wildman–Crippen MR) is 83.6 cm³/mol. The summed E-state index contributed by atoms with van der Waals surface area (Å²) in [6.07, 6.45) is 1.71. The number of hydrogen-bond donors (Lipinski definition) is 2. The van der Waals surface area contributed by atoms with Crippen LogP contribution in [0.5, 0.6) is 0 Å². The van der Waals surface area contributed by atoms with Crippen molar-refractivity contribution in [1.29, 1.82) is 0 Å². The van der Waals surface area contributed by atoms with Crippen molar-refractivity contribution >= 4 is 11.6 Å². The molecule has 0 aliphatic carbocycles. The molecule has 2 heterocycles. The summed E-state index contributed by atoms with van der Waals surface area (Å²) in [6.45, 7) is 10.7. The monoisotopic (exact) mass is 289 g/mol. The van der Waals surface area contributed by atoms with Gasteiger partial charge in [-0.2, -0.15) is 0 Å². The molecule has 2 rings (SSSR count). The average Bonchev–Trinajstić information content (AvgIpc) is 2.82. The second-order valence-corrected chi connectivity index (χ2v) is 6.09. The first-order valence-electron chi connectivity index (χ1n) is 7.03. The molecule has 0 aliphatic rings. The van der Waals surface area contributed by atoms with E-state index in [9.17, 15) is 0 Å². The highest BCUT2D eigenvalue weighted by atomic mass is 16.4. The molecule has 0 aliphatic heterocycles. The Bertz CT molecular complexity index is 627. The summed E-state index contributed by atoms with van der Waals surface area (Å²) in [7, 11) is 1.86. The number of aryl methyl sites for hydroxylation is 1. The summed E-state index contributed by atoms with van der Waals surface area (Å²) in [5.74, 6) is 3.88. The third kappa shape index (κ3) is 3.51. The first-order valence-corrected chi connectivity index (χ1v) is 7.03. The van der Waals surface area contributed by atoms with E-state index in [0.29, 0.717) is 12.4 Å². The Labute approximate surface area is 125 Å². The van der Waals surface area contributed by atoms with Crippen molar-refractivity contribution in [1.82, 2.24) is 15.0 Å². The lowest BCUT2D eigenvalue weighted by Gasteiger charge is -2.20. The molecule has 0 radical (unpaired) electrons. The third-order valence-electron chi connectivity index (χ3n) is 3.13. The van der Waals surface area contributed by atoms with Crippen LogP contribution in [0.25, 0.3) is 0 Å². The summed E-state index contributed by atoms with van der Waals surface area (Å²) < 4.78 is 5.47. The molecule has 2 aromatic heterocycles. The molecule has 0 amide bonds. The summed E-state index contributed by atoms with van der Waals surface area (Å²) in [4.78, 5) is 13.4. The van der Waals surface area contributed by atoms with Crippen LogP contribution in [0.3, 0.4) is 0 Å². The van der Waals surface area contributed by atoms with Crippen LogP contribution in [-0.4, -0.2) is 22.0 Å². The quantitative estimate of drug-likeness (QED) is 0.901. The zero-order valence-corrected chi connectivity index (χ0v) is 13.5. The average molecular weight is 289 g/mol. The fourth-order valence-corrected chi connectivity index (χ4v) is 1.91. The first-order chi connectivity index (χ1) is 9.81. The zero-order valence-electron chi connectivity index (χ0n) is 13.5. The maximum absolute atomic E-state index is 5.47. The molecule has 2 aromatic rings. The normalized spacial score (nSPS) is 11.5. The van der Waals surface area contributed by atoms with E-state index >= 15 is 0 Å². The highest BCUT2D eigenvalue weighted by Gasteiger charge is 2.21. The van der Waals surface area contributed by atoms with Crippen molar-refractivity contribution in [2.24, 2.45) is 0 Å². The van der Waals surface area contributed by atoms with Crippen molar-refractivity contribution in [2.45, 2.75) is 46.6 Å². The number of anilines is 2. The number of rotatable bonds is 4. The van der Waals surface area contributed by atoms with Crippen molar-refractivity contribution in [2.75, 3.05) is 17.7 Å². The van der Waals surface area contributed by atoms with Crippen LogP contribution in [0.1, 0.15) is 43.8 Å². The van der Waals surface area contributed by atoms with Crippen LogP contribution in [0.2, 0.25) is 0 Å². The van der Waals surface area contributed by atoms with Gasteiger partial charge in [0.15, 0.2) is 0 Å². The van der Waals surface area contributed by atoms with E-state index in [1.54, 1.807) is 6.20 Å². The summed E-state index contributed by atoms with van der Waals surface area (Å²) in [5.41, 5.74) is 0.865. The number of oxazole rings is 1. The SMILES string of the molecule is CNc1nc(C(C)(C)C)nc(NCc2ncc(C)o2)c1C. The molecule has 0 saturated heterocycles. The van der Waals surface area contributed by atoms with E-state index < -0.39 is 0 Å². The van der Waals surface area contributed by atoms with Gasteiger partial charge in [0.05, 0.1) is 12.7 Å². The second kappa shape index (κ2) is 5.71. The van der Waals surface area contributed by atoms with Crippen LogP contribution < -0.4 is 10.6 Å². The van der Waals surface area contributed by atoms with E-state index in [-0.39, 0.29) is 5.41 Å². The van der Waals surface area contributed by atoms with Gasteiger partial charge in [-0.25, -0.2) is 15.0 Å². The minimum atomic E-state index is -0.116. The summed E-state index contributed by atoms with van der Waals surface area (Å²) in [6, 6.07) is 0. The molecule has 0 saturated carbocycles. The van der Waals surface area contributed by atoms with Gasteiger partial charge in [0.25, 0.3) is 0 Å². The van der Waals surface area contributed by atoms with Crippen molar-refractivity contribution in [3.8, 4) is 0 Å². The Morgan fingerprint density at radius 3 is 2.33 bits per heavy atom. The van der Waals surface area contributed by atoms with Gasteiger partial charge in [0, 0.05) is 18.0 Å². The zero-order chi connectivity index (χ0) is 15.6. The van der Waals surface area contributed by atoms with Crippen LogP contribution in [-0.2, 0) is 12.0 Å². The largest absolute Gasteiger partial charge is 0.444 e. The van der Waals surface area contributed by atoms with Gasteiger partial charge >= 0.3 is 0 Å². The minimum absolute atomic E-state index is 0.116. The van der Waals surface area contributed by atoms with Crippen LogP contribution in [0.4, 0.5) is 11.6 Å². The first kappa shape index (κ1) is 15.3. The fraction of sp³-hybridized carbons (Fsp3) is 0.533. The third-order valence-corrected chi connectivity index (χ3v) is 3.13. The van der Waals surface area contributed by atoms with E-state index in [0.717, 1.165) is 28.8 Å². The van der Waals surface area contributed by atoms with Crippen molar-refractivity contribution in [3.05, 3.63) is 29.2 Å². The molecular formula is C15H23N5O. The Morgan fingerprint density at radius 1 is 1.14 bits per heavy atom. The van der Waals surface area contributed by atoms with E-state index in [1.807, 2.05) is 20.9 Å². The van der Waals surface area contributed by atoms with Gasteiger partial charge in [-0.3, -0.25) is 0 Å². The van der Waals surface area contributed by atoms with E-state index in [1.165, 1.54) is 0 Å². The molecule has 21 heavy (non-hydrogen) atoms. The van der Waals surface area contributed by atoms with Crippen LogP contribution in [0.15, 0.2) is 10.6 Å². The smallest absolute Gasteiger partial charge is 0.213 e. The molecule has 114 valence electrons. The summed E-state index contributed by atoms with van der Waals surface area (Å²) in [5, 5.41) is 6.40. The minimum Gasteiger partial charge on any atom is -0.444 e. The molecule has 0 unspecified atom stereocenters. The van der Waals surface area contributed by atoms with Crippen LogP contribution in [0, 0.1) is 13.8 Å². The maximum atomic E-state index is 5.47. The molecule has 0 aromatic carbocycles. The van der Waals surface area contributed by atoms with Gasteiger partial charge in [-0.15, -0.1) is 0 Å². The number of nitrogens with one attached hydrogen (secondary N) is 2. The molecular weight excluding hydrogens is 266 g/mol. The van der Waals surface area contributed by atoms with E-state index in [4.69, 9.17) is 4.42 Å². The molecule has 6 nitrogen and oxygen atoms in total. The van der Waals surface area contributed by atoms with Crippen molar-refractivity contribution < 1.29 is 4.42 Å².